The summed E-state index contributed by atoms with van der Waals surface area (Å²) in [5.74, 6) is -2.78. The van der Waals surface area contributed by atoms with E-state index < -0.39 is 35.1 Å². The highest BCUT2D eigenvalue weighted by Gasteiger charge is 2.75. The Bertz CT molecular complexity index is 1460. The van der Waals surface area contributed by atoms with Gasteiger partial charge < -0.3 is 24.5 Å². The van der Waals surface area contributed by atoms with E-state index in [0.29, 0.717) is 13.1 Å². The summed E-state index contributed by atoms with van der Waals surface area (Å²) in [6.07, 6.45) is 7.55. The first-order chi connectivity index (χ1) is 20.1. The molecule has 2 aromatic rings. The molecule has 0 saturated carbocycles. The van der Waals surface area contributed by atoms with Crippen LogP contribution in [0, 0.1) is 31.6 Å². The third kappa shape index (κ3) is 3.99. The fraction of sp³-hybridized carbons (Fsp3) is 0.441. The molecule has 4 aliphatic heterocycles. The van der Waals surface area contributed by atoms with Gasteiger partial charge in [-0.15, -0.1) is 0 Å². The molecule has 0 radical (unpaired) electrons. The van der Waals surface area contributed by atoms with E-state index in [2.05, 4.69) is 0 Å². The molecule has 4 heterocycles. The molecule has 2 aromatic carbocycles. The standard InChI is InChI=1S/C34H39N3O5/c1-21(2)25(20-38)37-29-32(41)36(28-22(3)12-9-13-23(28)4)19-11-17-34(29)27(31(37)40)26-30(39)35(24-14-7-6-8-15-24)18-10-16-33(26,5)42-34/h6-17,21,25-27,29,38H,18-20H2,1-5H3/t25-,26+,27-,29?,33-,34-/m0/s1. The maximum atomic E-state index is 14.8. The van der Waals surface area contributed by atoms with Crippen molar-refractivity contribution in [3.63, 3.8) is 0 Å². The number of aliphatic hydroxyl groups excluding tert-OH is 1. The number of hydrogen-bond acceptors (Lipinski definition) is 5. The third-order valence-corrected chi connectivity index (χ3v) is 9.59. The maximum Gasteiger partial charge on any atom is 0.253 e. The van der Waals surface area contributed by atoms with Crippen molar-refractivity contribution in [1.29, 1.82) is 0 Å². The fourth-order valence-electron chi connectivity index (χ4n) is 7.71. The van der Waals surface area contributed by atoms with E-state index in [0.717, 1.165) is 22.5 Å². The number of para-hydroxylation sites is 2. The topological polar surface area (TPSA) is 90.4 Å². The van der Waals surface area contributed by atoms with Gasteiger partial charge in [0.25, 0.3) is 5.91 Å². The highest BCUT2D eigenvalue weighted by molar-refractivity contribution is 6.08. The maximum absolute atomic E-state index is 14.8. The minimum atomic E-state index is -1.39. The lowest BCUT2D eigenvalue weighted by atomic mass is 9.74. The van der Waals surface area contributed by atoms with Crippen LogP contribution in [-0.2, 0) is 19.1 Å². The van der Waals surface area contributed by atoms with E-state index in [-0.39, 0.29) is 30.2 Å². The summed E-state index contributed by atoms with van der Waals surface area (Å²) in [6, 6.07) is 13.6. The van der Waals surface area contributed by atoms with Gasteiger partial charge in [0.05, 0.1) is 30.1 Å². The van der Waals surface area contributed by atoms with Crippen LogP contribution >= 0.6 is 0 Å². The quantitative estimate of drug-likeness (QED) is 0.554. The number of nitrogens with zero attached hydrogens (tertiary/aromatic N) is 3. The molecule has 8 nitrogen and oxygen atoms in total. The highest BCUT2D eigenvalue weighted by atomic mass is 16.5. The van der Waals surface area contributed by atoms with Crippen molar-refractivity contribution in [1.82, 2.24) is 4.90 Å². The Kier molecular flexibility index (Phi) is 6.90. The van der Waals surface area contributed by atoms with Crippen LogP contribution in [0.25, 0.3) is 0 Å². The summed E-state index contributed by atoms with van der Waals surface area (Å²) in [5, 5.41) is 10.6. The van der Waals surface area contributed by atoms with Gasteiger partial charge >= 0.3 is 0 Å². The first-order valence-corrected chi connectivity index (χ1v) is 14.8. The van der Waals surface area contributed by atoms with Crippen molar-refractivity contribution >= 4 is 29.1 Å². The number of carbonyl (C=O) groups excluding carboxylic acids is 3. The van der Waals surface area contributed by atoms with Crippen molar-refractivity contribution in [2.24, 2.45) is 17.8 Å². The molecule has 8 heteroatoms. The lowest BCUT2D eigenvalue weighted by Crippen LogP contribution is -2.60. The van der Waals surface area contributed by atoms with Crippen LogP contribution in [0.15, 0.2) is 72.8 Å². The van der Waals surface area contributed by atoms with Gasteiger partial charge in [0, 0.05) is 24.5 Å². The molecule has 1 spiro atoms. The van der Waals surface area contributed by atoms with E-state index in [1.54, 1.807) is 14.7 Å². The summed E-state index contributed by atoms with van der Waals surface area (Å²) >= 11 is 0. The molecule has 1 N–H and O–H groups in total. The zero-order chi connectivity index (χ0) is 30.0. The van der Waals surface area contributed by atoms with Crippen molar-refractivity contribution < 1.29 is 24.2 Å². The number of aliphatic hydroxyl groups is 1. The van der Waals surface area contributed by atoms with Crippen molar-refractivity contribution in [3.05, 3.63) is 84.0 Å². The SMILES string of the molecule is Cc1cccc(C)c1N1CC=C[C@]23O[C@@]4(C)C=CCN(c5ccccc5)C(=O)[C@H]4[C@H]2C(=O)N([C@@H](CO)C(C)C)C3C1=O. The second kappa shape index (κ2) is 10.2. The molecule has 42 heavy (non-hydrogen) atoms. The first-order valence-electron chi connectivity index (χ1n) is 14.8. The van der Waals surface area contributed by atoms with Gasteiger partial charge in [-0.25, -0.2) is 0 Å². The molecule has 6 rings (SSSR count). The smallest absolute Gasteiger partial charge is 0.253 e. The molecule has 1 unspecified atom stereocenters. The fourth-order valence-corrected chi connectivity index (χ4v) is 7.71. The van der Waals surface area contributed by atoms with Gasteiger partial charge in [0.15, 0.2) is 0 Å². The van der Waals surface area contributed by atoms with Crippen molar-refractivity contribution in [2.45, 2.75) is 57.9 Å². The van der Waals surface area contributed by atoms with E-state index in [1.165, 1.54) is 0 Å². The Hall–Kier alpha value is -3.75. The second-order valence-electron chi connectivity index (χ2n) is 12.5. The molecule has 0 aromatic heterocycles. The molecule has 220 valence electrons. The lowest BCUT2D eigenvalue weighted by Gasteiger charge is -2.41. The zero-order valence-electron chi connectivity index (χ0n) is 24.9. The summed E-state index contributed by atoms with van der Waals surface area (Å²) < 4.78 is 6.96. The minimum Gasteiger partial charge on any atom is -0.394 e. The number of anilines is 2. The Morgan fingerprint density at radius 2 is 1.50 bits per heavy atom. The Morgan fingerprint density at radius 3 is 2.14 bits per heavy atom. The zero-order valence-corrected chi connectivity index (χ0v) is 24.9. The van der Waals surface area contributed by atoms with Crippen LogP contribution < -0.4 is 9.80 Å². The van der Waals surface area contributed by atoms with Gasteiger partial charge in [-0.05, 0) is 49.9 Å². The molecule has 0 aliphatic carbocycles. The lowest BCUT2D eigenvalue weighted by molar-refractivity contribution is -0.149. The molecule has 6 atom stereocenters. The van der Waals surface area contributed by atoms with Crippen LogP contribution in [-0.4, -0.2) is 70.7 Å². The van der Waals surface area contributed by atoms with Crippen LogP contribution in [0.1, 0.15) is 31.9 Å². The van der Waals surface area contributed by atoms with E-state index in [9.17, 15) is 19.5 Å². The largest absolute Gasteiger partial charge is 0.394 e. The van der Waals surface area contributed by atoms with Crippen LogP contribution in [0.4, 0.5) is 11.4 Å². The number of benzene rings is 2. The van der Waals surface area contributed by atoms with Gasteiger partial charge in [-0.2, -0.15) is 0 Å². The molecule has 2 saturated heterocycles. The second-order valence-corrected chi connectivity index (χ2v) is 12.5. The minimum absolute atomic E-state index is 0.138. The number of aryl methyl sites for hydroxylation is 2. The number of fused-ring (bicyclic) bond motifs is 2. The van der Waals surface area contributed by atoms with Gasteiger partial charge in [0.2, 0.25) is 11.8 Å². The summed E-state index contributed by atoms with van der Waals surface area (Å²) in [7, 11) is 0. The Balaban J connectivity index is 1.53. The average Bonchev–Trinajstić information content (AvgIpc) is 3.22. The number of ether oxygens (including phenoxy) is 1. The van der Waals surface area contributed by atoms with Crippen molar-refractivity contribution in [2.75, 3.05) is 29.5 Å². The van der Waals surface area contributed by atoms with Crippen LogP contribution in [0.5, 0.6) is 0 Å². The third-order valence-electron chi connectivity index (χ3n) is 9.59. The van der Waals surface area contributed by atoms with Gasteiger partial charge in [0.1, 0.15) is 11.6 Å². The number of hydrogen-bond donors (Lipinski definition) is 1. The van der Waals surface area contributed by atoms with Gasteiger partial charge in [-0.3, -0.25) is 14.4 Å². The average molecular weight is 570 g/mol. The molecule has 4 aliphatic rings. The van der Waals surface area contributed by atoms with Crippen LogP contribution in [0.2, 0.25) is 0 Å². The molecule has 2 fully saturated rings. The number of amides is 3. The Morgan fingerprint density at radius 1 is 0.857 bits per heavy atom. The van der Waals surface area contributed by atoms with Crippen LogP contribution in [0.3, 0.4) is 0 Å². The summed E-state index contributed by atoms with van der Waals surface area (Å²) in [4.78, 5) is 49.0. The molecule has 0 bridgehead atoms. The number of carbonyl (C=O) groups is 3. The summed E-state index contributed by atoms with van der Waals surface area (Å²) in [6.45, 7) is 9.98. The molecular formula is C34H39N3O5. The summed E-state index contributed by atoms with van der Waals surface area (Å²) in [5.41, 5.74) is 0.930. The molecular weight excluding hydrogens is 530 g/mol. The molecule has 3 amide bonds. The number of likely N-dealkylation sites (tertiary alicyclic amines) is 1. The monoisotopic (exact) mass is 569 g/mol. The van der Waals surface area contributed by atoms with E-state index in [4.69, 9.17) is 4.74 Å². The Labute approximate surface area is 247 Å². The van der Waals surface area contributed by atoms with Gasteiger partial charge in [-0.1, -0.05) is 74.5 Å². The number of rotatable bonds is 5. The predicted molar refractivity (Wildman–Crippen MR) is 161 cm³/mol. The van der Waals surface area contributed by atoms with Crippen molar-refractivity contribution in [3.8, 4) is 0 Å². The predicted octanol–water partition coefficient (Wildman–Crippen LogP) is 3.80. The first kappa shape index (κ1) is 28.4. The van der Waals surface area contributed by atoms with E-state index in [1.807, 2.05) is 107 Å². The highest BCUT2D eigenvalue weighted by Crippen LogP contribution is 2.58. The van der Waals surface area contributed by atoms with E-state index >= 15 is 0 Å². The normalized spacial score (nSPS) is 31.3.